The zero-order valence-corrected chi connectivity index (χ0v) is 13.9. The Bertz CT molecular complexity index is 867. The quantitative estimate of drug-likeness (QED) is 0.710. The lowest BCUT2D eigenvalue weighted by Crippen LogP contribution is -2.13. The molecule has 0 fully saturated rings. The van der Waals surface area contributed by atoms with Gasteiger partial charge >= 0.3 is 6.18 Å². The van der Waals surface area contributed by atoms with Gasteiger partial charge < -0.3 is 5.32 Å². The maximum atomic E-state index is 12.5. The SMILES string of the molecule is C[C@@H](Nc1cnnc2ccc(Br)cc12)c1cnc(C(F)(F)F)nc1. The van der Waals surface area contributed by atoms with Crippen molar-refractivity contribution in [2.75, 3.05) is 5.32 Å². The molecule has 0 unspecified atom stereocenters. The first-order valence-corrected chi connectivity index (χ1v) is 7.70. The van der Waals surface area contributed by atoms with E-state index in [-0.39, 0.29) is 6.04 Å². The number of alkyl halides is 3. The molecular formula is C15H11BrF3N5. The van der Waals surface area contributed by atoms with Gasteiger partial charge in [0.25, 0.3) is 0 Å². The molecule has 0 spiro atoms. The number of hydrogen-bond donors (Lipinski definition) is 1. The molecule has 3 aromatic rings. The second-order valence-corrected chi connectivity index (χ2v) is 6.04. The summed E-state index contributed by atoms with van der Waals surface area (Å²) in [6.07, 6.45) is -0.649. The minimum atomic E-state index is -4.55. The minimum Gasteiger partial charge on any atom is -0.377 e. The van der Waals surface area contributed by atoms with E-state index in [0.717, 1.165) is 9.86 Å². The summed E-state index contributed by atoms with van der Waals surface area (Å²) in [6, 6.07) is 5.26. The van der Waals surface area contributed by atoms with Crippen LogP contribution in [0.5, 0.6) is 0 Å². The first-order valence-electron chi connectivity index (χ1n) is 6.91. The monoisotopic (exact) mass is 397 g/mol. The van der Waals surface area contributed by atoms with Gasteiger partial charge in [-0.15, -0.1) is 0 Å². The standard InChI is InChI=1S/C15H11BrF3N5/c1-8(9-5-20-14(21-6-9)15(17,18)19)23-13-7-22-24-12-3-2-10(16)4-11(12)13/h2-8H,1H3,(H,23,24)/t8-/m1/s1. The van der Waals surface area contributed by atoms with E-state index in [1.807, 2.05) is 18.2 Å². The van der Waals surface area contributed by atoms with E-state index >= 15 is 0 Å². The van der Waals surface area contributed by atoms with Gasteiger partial charge in [-0.3, -0.25) is 0 Å². The second-order valence-electron chi connectivity index (χ2n) is 5.12. The van der Waals surface area contributed by atoms with Crippen LogP contribution in [-0.4, -0.2) is 20.2 Å². The average molecular weight is 398 g/mol. The molecular weight excluding hydrogens is 387 g/mol. The third-order valence-electron chi connectivity index (χ3n) is 3.40. The first-order chi connectivity index (χ1) is 11.3. The highest BCUT2D eigenvalue weighted by Crippen LogP contribution is 2.29. The van der Waals surface area contributed by atoms with E-state index in [4.69, 9.17) is 0 Å². The molecule has 1 N–H and O–H groups in total. The number of fused-ring (bicyclic) bond motifs is 1. The van der Waals surface area contributed by atoms with Crippen molar-refractivity contribution in [1.82, 2.24) is 20.2 Å². The number of nitrogens with one attached hydrogen (secondary N) is 1. The number of halogens is 4. The van der Waals surface area contributed by atoms with Crippen LogP contribution >= 0.6 is 15.9 Å². The molecule has 9 heteroatoms. The molecule has 1 atom stereocenters. The molecule has 0 aliphatic heterocycles. The molecule has 124 valence electrons. The van der Waals surface area contributed by atoms with Gasteiger partial charge in [0.05, 0.1) is 23.4 Å². The van der Waals surface area contributed by atoms with Gasteiger partial charge in [0.2, 0.25) is 5.82 Å². The van der Waals surface area contributed by atoms with E-state index in [2.05, 4.69) is 41.4 Å². The van der Waals surface area contributed by atoms with Crippen molar-refractivity contribution < 1.29 is 13.2 Å². The van der Waals surface area contributed by atoms with Crippen LogP contribution in [0.2, 0.25) is 0 Å². The van der Waals surface area contributed by atoms with Crippen LogP contribution in [0.3, 0.4) is 0 Å². The van der Waals surface area contributed by atoms with Gasteiger partial charge in [-0.25, -0.2) is 9.97 Å². The largest absolute Gasteiger partial charge is 0.451 e. The number of nitrogens with zero attached hydrogens (tertiary/aromatic N) is 4. The fourth-order valence-corrected chi connectivity index (χ4v) is 2.53. The lowest BCUT2D eigenvalue weighted by molar-refractivity contribution is -0.145. The molecule has 5 nitrogen and oxygen atoms in total. The topological polar surface area (TPSA) is 63.6 Å². The maximum absolute atomic E-state index is 12.5. The van der Waals surface area contributed by atoms with Crippen LogP contribution in [0.1, 0.15) is 24.4 Å². The average Bonchev–Trinajstić information content (AvgIpc) is 2.54. The molecule has 3 rings (SSSR count). The Labute approximate surface area is 143 Å². The van der Waals surface area contributed by atoms with E-state index in [9.17, 15) is 13.2 Å². The summed E-state index contributed by atoms with van der Waals surface area (Å²) in [4.78, 5) is 6.76. The zero-order valence-electron chi connectivity index (χ0n) is 12.3. The Hall–Kier alpha value is -2.29. The summed E-state index contributed by atoms with van der Waals surface area (Å²) in [7, 11) is 0. The molecule has 24 heavy (non-hydrogen) atoms. The lowest BCUT2D eigenvalue weighted by Gasteiger charge is -2.16. The summed E-state index contributed by atoms with van der Waals surface area (Å²) in [6.45, 7) is 1.80. The Morgan fingerprint density at radius 2 is 1.83 bits per heavy atom. The molecule has 0 bridgehead atoms. The molecule has 1 aromatic carbocycles. The van der Waals surface area contributed by atoms with E-state index in [0.29, 0.717) is 16.8 Å². The highest BCUT2D eigenvalue weighted by atomic mass is 79.9. The van der Waals surface area contributed by atoms with Gasteiger partial charge in [0, 0.05) is 27.8 Å². The fraction of sp³-hybridized carbons (Fsp3) is 0.200. The lowest BCUT2D eigenvalue weighted by atomic mass is 10.1. The van der Waals surface area contributed by atoms with Crippen LogP contribution < -0.4 is 5.32 Å². The summed E-state index contributed by atoms with van der Waals surface area (Å²) >= 11 is 3.40. The van der Waals surface area contributed by atoms with E-state index in [1.165, 1.54) is 12.4 Å². The van der Waals surface area contributed by atoms with Crippen molar-refractivity contribution in [2.45, 2.75) is 19.1 Å². The van der Waals surface area contributed by atoms with Crippen LogP contribution in [-0.2, 0) is 6.18 Å². The Kier molecular flexibility index (Phi) is 4.35. The molecule has 2 heterocycles. The fourth-order valence-electron chi connectivity index (χ4n) is 2.17. The number of anilines is 1. The molecule has 0 aliphatic carbocycles. The highest BCUT2D eigenvalue weighted by Gasteiger charge is 2.34. The normalized spacial score (nSPS) is 13.0. The van der Waals surface area contributed by atoms with Crippen molar-refractivity contribution in [1.29, 1.82) is 0 Å². The summed E-state index contributed by atoms with van der Waals surface area (Å²) in [5.41, 5.74) is 1.95. The second kappa shape index (κ2) is 6.31. The smallest absolute Gasteiger partial charge is 0.377 e. The van der Waals surface area contributed by atoms with Gasteiger partial charge in [0.1, 0.15) is 0 Å². The predicted molar refractivity (Wildman–Crippen MR) is 86.3 cm³/mol. The van der Waals surface area contributed by atoms with Crippen LogP contribution in [0, 0.1) is 0 Å². The van der Waals surface area contributed by atoms with E-state index < -0.39 is 12.0 Å². The number of aromatic nitrogens is 4. The van der Waals surface area contributed by atoms with Crippen molar-refractivity contribution in [3.63, 3.8) is 0 Å². The van der Waals surface area contributed by atoms with Crippen molar-refractivity contribution in [3.8, 4) is 0 Å². The summed E-state index contributed by atoms with van der Waals surface area (Å²) in [5, 5.41) is 12.0. The van der Waals surface area contributed by atoms with Crippen molar-refractivity contribution >= 4 is 32.5 Å². The van der Waals surface area contributed by atoms with Crippen molar-refractivity contribution in [2.24, 2.45) is 0 Å². The van der Waals surface area contributed by atoms with Gasteiger partial charge in [-0.2, -0.15) is 23.4 Å². The molecule has 0 amide bonds. The molecule has 0 saturated carbocycles. The predicted octanol–water partition coefficient (Wildman–Crippen LogP) is 4.37. The van der Waals surface area contributed by atoms with Crippen LogP contribution in [0.4, 0.5) is 18.9 Å². The van der Waals surface area contributed by atoms with Crippen LogP contribution in [0.25, 0.3) is 10.9 Å². The Morgan fingerprint density at radius 1 is 1.12 bits per heavy atom. The zero-order chi connectivity index (χ0) is 17.3. The third kappa shape index (κ3) is 3.45. The molecule has 0 aliphatic rings. The number of hydrogen-bond acceptors (Lipinski definition) is 5. The van der Waals surface area contributed by atoms with E-state index in [1.54, 1.807) is 13.1 Å². The van der Waals surface area contributed by atoms with Crippen molar-refractivity contribution in [3.05, 3.63) is 52.7 Å². The minimum absolute atomic E-state index is 0.307. The maximum Gasteiger partial charge on any atom is 0.451 e. The molecule has 0 radical (unpaired) electrons. The summed E-state index contributed by atoms with van der Waals surface area (Å²) in [5.74, 6) is -1.15. The summed E-state index contributed by atoms with van der Waals surface area (Å²) < 4.78 is 38.4. The number of benzene rings is 1. The highest BCUT2D eigenvalue weighted by molar-refractivity contribution is 9.10. The Morgan fingerprint density at radius 3 is 2.50 bits per heavy atom. The van der Waals surface area contributed by atoms with Gasteiger partial charge in [-0.1, -0.05) is 15.9 Å². The van der Waals surface area contributed by atoms with Gasteiger partial charge in [-0.05, 0) is 25.1 Å². The first kappa shape index (κ1) is 16.6. The molecule has 0 saturated heterocycles. The third-order valence-corrected chi connectivity index (χ3v) is 3.89. The Balaban J connectivity index is 1.87. The van der Waals surface area contributed by atoms with Gasteiger partial charge in [0.15, 0.2) is 0 Å². The molecule has 2 aromatic heterocycles. The number of rotatable bonds is 3. The van der Waals surface area contributed by atoms with Crippen LogP contribution in [0.15, 0.2) is 41.3 Å².